The lowest BCUT2D eigenvalue weighted by atomic mass is 9.93. The topological polar surface area (TPSA) is 64.1 Å². The van der Waals surface area contributed by atoms with E-state index in [2.05, 4.69) is 30.6 Å². The van der Waals surface area contributed by atoms with Gasteiger partial charge in [0.2, 0.25) is 10.0 Å². The summed E-state index contributed by atoms with van der Waals surface area (Å²) in [4.78, 5) is 5.35. The fraction of sp³-hybridized carbons (Fsp3) is 0.538. The number of phenols is 1. The van der Waals surface area contributed by atoms with Crippen LogP contribution in [-0.2, 0) is 10.0 Å². The van der Waals surface area contributed by atoms with Crippen LogP contribution in [0.2, 0.25) is 0 Å². The first kappa shape index (κ1) is 25.7. The van der Waals surface area contributed by atoms with Crippen molar-refractivity contribution in [1.29, 1.82) is 0 Å². The Morgan fingerprint density at radius 2 is 1.64 bits per heavy atom. The third-order valence-electron chi connectivity index (χ3n) is 6.73. The molecule has 1 aliphatic heterocycles. The van der Waals surface area contributed by atoms with Crippen LogP contribution in [0, 0.1) is 0 Å². The molecule has 0 radical (unpaired) electrons. The molecular weight excluding hydrogens is 434 g/mol. The van der Waals surface area contributed by atoms with Crippen molar-refractivity contribution in [1.82, 2.24) is 14.1 Å². The quantitative estimate of drug-likeness (QED) is 0.588. The average molecular weight is 474 g/mol. The standard InChI is InChI=1S/C26H39N3O3S/c1-6-16-27-18-21(5)29(19-20(27)4)26(23-10-9-11-24(30)17-23)22-12-14-25(15-13-22)33(31,32)28(7-2)8-3/h9-15,17,20-21,26,30H,6-8,16,18-19H2,1-5H3. The van der Waals surface area contributed by atoms with E-state index in [4.69, 9.17) is 0 Å². The van der Waals surface area contributed by atoms with Gasteiger partial charge in [0, 0.05) is 38.3 Å². The van der Waals surface area contributed by atoms with Crippen molar-refractivity contribution >= 4 is 10.0 Å². The van der Waals surface area contributed by atoms with E-state index < -0.39 is 10.0 Å². The monoisotopic (exact) mass is 473 g/mol. The van der Waals surface area contributed by atoms with Gasteiger partial charge >= 0.3 is 0 Å². The van der Waals surface area contributed by atoms with Gasteiger partial charge in [-0.1, -0.05) is 45.0 Å². The number of benzene rings is 2. The minimum Gasteiger partial charge on any atom is -0.508 e. The molecule has 0 spiro atoms. The molecule has 3 rings (SSSR count). The summed E-state index contributed by atoms with van der Waals surface area (Å²) in [6.07, 6.45) is 1.13. The Morgan fingerprint density at radius 3 is 2.21 bits per heavy atom. The molecule has 0 saturated carbocycles. The van der Waals surface area contributed by atoms with Crippen LogP contribution in [-0.4, -0.2) is 72.4 Å². The normalized spacial score (nSPS) is 21.4. The molecule has 0 bridgehead atoms. The van der Waals surface area contributed by atoms with Gasteiger partial charge in [-0.15, -0.1) is 0 Å². The zero-order valence-corrected chi connectivity index (χ0v) is 21.4. The molecule has 7 heteroatoms. The molecular formula is C26H39N3O3S. The summed E-state index contributed by atoms with van der Waals surface area (Å²) in [5.41, 5.74) is 2.04. The second kappa shape index (κ2) is 11.0. The van der Waals surface area contributed by atoms with Crippen molar-refractivity contribution in [3.05, 3.63) is 59.7 Å². The Labute approximate surface area is 199 Å². The summed E-state index contributed by atoms with van der Waals surface area (Å²) in [6, 6.07) is 15.4. The molecule has 1 aliphatic rings. The van der Waals surface area contributed by atoms with Crippen molar-refractivity contribution in [2.24, 2.45) is 0 Å². The molecule has 1 heterocycles. The summed E-state index contributed by atoms with van der Waals surface area (Å²) in [5, 5.41) is 10.2. The van der Waals surface area contributed by atoms with Gasteiger partial charge in [-0.05, 0) is 62.2 Å². The number of nitrogens with zero attached hydrogens (tertiary/aromatic N) is 3. The number of sulfonamides is 1. The molecule has 182 valence electrons. The predicted octanol–water partition coefficient (Wildman–Crippen LogP) is 4.32. The van der Waals surface area contributed by atoms with E-state index in [1.165, 1.54) is 4.31 Å². The molecule has 0 aliphatic carbocycles. The zero-order valence-electron chi connectivity index (χ0n) is 20.6. The van der Waals surface area contributed by atoms with E-state index in [-0.39, 0.29) is 11.8 Å². The Hall–Kier alpha value is -1.93. The SMILES string of the molecule is CCCN1CC(C)N(C(c2ccc(S(=O)(=O)N(CC)CC)cc2)c2cccc(O)c2)CC1C. The van der Waals surface area contributed by atoms with E-state index >= 15 is 0 Å². The molecule has 0 amide bonds. The number of phenolic OH excluding ortho intramolecular Hbond substituents is 1. The van der Waals surface area contributed by atoms with Gasteiger partial charge in [0.1, 0.15) is 5.75 Å². The molecule has 6 nitrogen and oxygen atoms in total. The van der Waals surface area contributed by atoms with Crippen molar-refractivity contribution < 1.29 is 13.5 Å². The summed E-state index contributed by atoms with van der Waals surface area (Å²) in [7, 11) is -3.50. The highest BCUT2D eigenvalue weighted by atomic mass is 32.2. The molecule has 0 aromatic heterocycles. The van der Waals surface area contributed by atoms with Crippen molar-refractivity contribution in [2.45, 2.75) is 64.1 Å². The average Bonchev–Trinajstić information content (AvgIpc) is 2.78. The summed E-state index contributed by atoms with van der Waals surface area (Å²) < 4.78 is 27.4. The first-order valence-electron chi connectivity index (χ1n) is 12.1. The Kier molecular flexibility index (Phi) is 8.56. The van der Waals surface area contributed by atoms with Crippen LogP contribution >= 0.6 is 0 Å². The van der Waals surface area contributed by atoms with E-state index in [0.717, 1.165) is 37.2 Å². The number of piperazine rings is 1. The highest BCUT2D eigenvalue weighted by Gasteiger charge is 2.34. The molecule has 2 aromatic carbocycles. The molecule has 1 N–H and O–H groups in total. The second-order valence-electron chi connectivity index (χ2n) is 9.05. The minimum absolute atomic E-state index is 0.0662. The fourth-order valence-corrected chi connectivity index (χ4v) is 6.45. The maximum absolute atomic E-state index is 13.0. The number of hydrogen-bond acceptors (Lipinski definition) is 5. The molecule has 3 atom stereocenters. The smallest absolute Gasteiger partial charge is 0.243 e. The van der Waals surface area contributed by atoms with Gasteiger partial charge in [-0.2, -0.15) is 4.31 Å². The fourth-order valence-electron chi connectivity index (χ4n) is 4.99. The molecule has 1 saturated heterocycles. The van der Waals surface area contributed by atoms with Crippen molar-refractivity contribution in [3.63, 3.8) is 0 Å². The molecule has 3 unspecified atom stereocenters. The second-order valence-corrected chi connectivity index (χ2v) is 11.0. The van der Waals surface area contributed by atoms with Gasteiger partial charge in [-0.3, -0.25) is 9.80 Å². The maximum Gasteiger partial charge on any atom is 0.243 e. The van der Waals surface area contributed by atoms with Gasteiger partial charge in [0.05, 0.1) is 10.9 Å². The van der Waals surface area contributed by atoms with Gasteiger partial charge in [0.25, 0.3) is 0 Å². The van der Waals surface area contributed by atoms with E-state index in [1.54, 1.807) is 18.2 Å². The molecule has 33 heavy (non-hydrogen) atoms. The Balaban J connectivity index is 1.99. The lowest BCUT2D eigenvalue weighted by Crippen LogP contribution is -2.57. The van der Waals surface area contributed by atoms with Crippen LogP contribution in [0.4, 0.5) is 0 Å². The number of aromatic hydroxyl groups is 1. The first-order chi connectivity index (χ1) is 15.7. The first-order valence-corrected chi connectivity index (χ1v) is 13.6. The van der Waals surface area contributed by atoms with E-state index in [1.807, 2.05) is 44.2 Å². The predicted molar refractivity (Wildman–Crippen MR) is 134 cm³/mol. The lowest BCUT2D eigenvalue weighted by Gasteiger charge is -2.47. The Bertz CT molecular complexity index is 1010. The van der Waals surface area contributed by atoms with Gasteiger partial charge in [-0.25, -0.2) is 8.42 Å². The minimum atomic E-state index is -3.50. The largest absolute Gasteiger partial charge is 0.508 e. The summed E-state index contributed by atoms with van der Waals surface area (Å²) >= 11 is 0. The van der Waals surface area contributed by atoms with Gasteiger partial charge < -0.3 is 5.11 Å². The number of hydrogen-bond donors (Lipinski definition) is 1. The maximum atomic E-state index is 13.0. The van der Waals surface area contributed by atoms with Crippen LogP contribution < -0.4 is 0 Å². The van der Waals surface area contributed by atoms with Crippen LogP contribution in [0.1, 0.15) is 58.2 Å². The van der Waals surface area contributed by atoms with Crippen molar-refractivity contribution in [3.8, 4) is 5.75 Å². The number of rotatable bonds is 9. The third-order valence-corrected chi connectivity index (χ3v) is 8.79. The van der Waals surface area contributed by atoms with Gasteiger partial charge in [0.15, 0.2) is 0 Å². The highest BCUT2D eigenvalue weighted by molar-refractivity contribution is 7.89. The van der Waals surface area contributed by atoms with E-state index in [0.29, 0.717) is 30.1 Å². The van der Waals surface area contributed by atoms with Crippen molar-refractivity contribution in [2.75, 3.05) is 32.7 Å². The Morgan fingerprint density at radius 1 is 0.970 bits per heavy atom. The van der Waals surface area contributed by atoms with Crippen LogP contribution in [0.3, 0.4) is 0 Å². The van der Waals surface area contributed by atoms with Crippen LogP contribution in [0.25, 0.3) is 0 Å². The van der Waals surface area contributed by atoms with Crippen LogP contribution in [0.15, 0.2) is 53.4 Å². The summed E-state index contributed by atoms with van der Waals surface area (Å²) in [5.74, 6) is 0.239. The molecule has 1 fully saturated rings. The summed E-state index contributed by atoms with van der Waals surface area (Å²) in [6.45, 7) is 14.3. The third kappa shape index (κ3) is 5.60. The highest BCUT2D eigenvalue weighted by Crippen LogP contribution is 2.35. The van der Waals surface area contributed by atoms with Crippen LogP contribution in [0.5, 0.6) is 5.75 Å². The van der Waals surface area contributed by atoms with E-state index in [9.17, 15) is 13.5 Å². The molecule has 2 aromatic rings. The lowest BCUT2D eigenvalue weighted by molar-refractivity contribution is 0.0241. The zero-order chi connectivity index (χ0) is 24.2.